The van der Waals surface area contributed by atoms with Gasteiger partial charge in [-0.2, -0.15) is 5.10 Å². The van der Waals surface area contributed by atoms with Crippen LogP contribution in [0, 0.1) is 0 Å². The Hall–Kier alpha value is -1.88. The lowest BCUT2D eigenvalue weighted by Crippen LogP contribution is -1.91. The van der Waals surface area contributed by atoms with E-state index in [0.717, 1.165) is 22.5 Å². The molecule has 1 aromatic carbocycles. The number of anilines is 1. The molecule has 0 unspecified atom stereocenters. The molecule has 0 spiro atoms. The largest absolute Gasteiger partial charge is 0.375 e. The quantitative estimate of drug-likeness (QED) is 0.752. The predicted octanol–water partition coefficient (Wildman–Crippen LogP) is 2.20. The lowest BCUT2D eigenvalue weighted by Gasteiger charge is -1.93. The van der Waals surface area contributed by atoms with Gasteiger partial charge in [-0.1, -0.05) is 18.2 Å². The Labute approximate surface area is 103 Å². The van der Waals surface area contributed by atoms with E-state index in [9.17, 15) is 0 Å². The van der Waals surface area contributed by atoms with Gasteiger partial charge in [-0.3, -0.25) is 4.68 Å². The van der Waals surface area contributed by atoms with Crippen LogP contribution in [-0.4, -0.2) is 14.8 Å². The van der Waals surface area contributed by atoms with Gasteiger partial charge in [0.25, 0.3) is 0 Å². The molecule has 0 amide bonds. The molecule has 0 radical (unpaired) electrons. The average Bonchev–Trinajstić information content (AvgIpc) is 2.86. The zero-order valence-electron chi connectivity index (χ0n) is 9.42. The lowest BCUT2D eigenvalue weighted by molar-refractivity contribution is 0.775. The smallest absolute Gasteiger partial charge is 0.180 e. The highest BCUT2D eigenvalue weighted by Crippen LogP contribution is 2.23. The number of aromatic nitrogens is 3. The van der Waals surface area contributed by atoms with Crippen LogP contribution in [0.4, 0.5) is 5.13 Å². The Balaban J connectivity index is 2.06. The van der Waals surface area contributed by atoms with Crippen molar-refractivity contribution in [3.05, 3.63) is 41.0 Å². The summed E-state index contributed by atoms with van der Waals surface area (Å²) in [5.41, 5.74) is 7.86. The number of hydrogen-bond acceptors (Lipinski definition) is 4. The molecule has 0 saturated heterocycles. The topological polar surface area (TPSA) is 56.7 Å². The molecule has 2 heterocycles. The van der Waals surface area contributed by atoms with Gasteiger partial charge in [-0.15, -0.1) is 11.3 Å². The van der Waals surface area contributed by atoms with Crippen LogP contribution in [-0.2, 0) is 13.5 Å². The average molecular weight is 244 g/mol. The summed E-state index contributed by atoms with van der Waals surface area (Å²) in [5.74, 6) is 0. The highest BCUT2D eigenvalue weighted by atomic mass is 32.1. The molecule has 4 nitrogen and oxygen atoms in total. The summed E-state index contributed by atoms with van der Waals surface area (Å²) >= 11 is 1.52. The zero-order valence-corrected chi connectivity index (χ0v) is 10.2. The minimum Gasteiger partial charge on any atom is -0.375 e. The Kier molecular flexibility index (Phi) is 2.33. The highest BCUT2D eigenvalue weighted by molar-refractivity contribution is 7.15. The predicted molar refractivity (Wildman–Crippen MR) is 70.0 cm³/mol. The van der Waals surface area contributed by atoms with Gasteiger partial charge >= 0.3 is 0 Å². The molecule has 0 aliphatic rings. The van der Waals surface area contributed by atoms with Crippen LogP contribution in [0.1, 0.15) is 10.6 Å². The Morgan fingerprint density at radius 3 is 2.94 bits per heavy atom. The fraction of sp³-hybridized carbons (Fsp3) is 0.167. The van der Waals surface area contributed by atoms with Crippen molar-refractivity contribution in [1.29, 1.82) is 0 Å². The van der Waals surface area contributed by atoms with Gasteiger partial charge in [0.2, 0.25) is 0 Å². The van der Waals surface area contributed by atoms with Crippen molar-refractivity contribution in [3.8, 4) is 0 Å². The third kappa shape index (κ3) is 1.78. The summed E-state index contributed by atoms with van der Waals surface area (Å²) < 4.78 is 1.91. The molecule has 3 aromatic rings. The molecule has 0 aliphatic carbocycles. The fourth-order valence-corrected chi connectivity index (χ4v) is 2.68. The number of nitrogen functional groups attached to an aromatic ring is 1. The van der Waals surface area contributed by atoms with E-state index in [1.54, 1.807) is 0 Å². The lowest BCUT2D eigenvalue weighted by atomic mass is 10.1. The van der Waals surface area contributed by atoms with Gasteiger partial charge in [0.05, 0.1) is 11.2 Å². The molecular weight excluding hydrogens is 232 g/mol. The summed E-state index contributed by atoms with van der Waals surface area (Å²) in [6.07, 6.45) is 2.61. The number of nitrogens with zero attached hydrogens (tertiary/aromatic N) is 3. The molecule has 17 heavy (non-hydrogen) atoms. The summed E-state index contributed by atoms with van der Waals surface area (Å²) in [6.45, 7) is 0. The van der Waals surface area contributed by atoms with E-state index in [4.69, 9.17) is 5.73 Å². The van der Waals surface area contributed by atoms with Gasteiger partial charge in [-0.25, -0.2) is 4.98 Å². The van der Waals surface area contributed by atoms with Crippen molar-refractivity contribution in [2.75, 3.05) is 5.73 Å². The standard InChI is InChI=1S/C12H12N4S/c1-16-11-5-3-2-4-9(11)10(15-16)6-8-7-14-12(13)17-8/h2-5,7H,6H2,1H3,(H2,13,14). The number of hydrogen-bond donors (Lipinski definition) is 1. The number of para-hydroxylation sites is 1. The monoisotopic (exact) mass is 244 g/mol. The molecule has 86 valence electrons. The first-order valence-corrected chi connectivity index (χ1v) is 6.16. The Morgan fingerprint density at radius 2 is 2.18 bits per heavy atom. The number of aryl methyl sites for hydroxylation is 1. The summed E-state index contributed by atoms with van der Waals surface area (Å²) in [6, 6.07) is 8.24. The number of fused-ring (bicyclic) bond motifs is 1. The van der Waals surface area contributed by atoms with Crippen LogP contribution in [0.5, 0.6) is 0 Å². The molecule has 0 fully saturated rings. The van der Waals surface area contributed by atoms with E-state index in [-0.39, 0.29) is 0 Å². The van der Waals surface area contributed by atoms with Crippen molar-refractivity contribution in [3.63, 3.8) is 0 Å². The molecule has 0 aliphatic heterocycles. The maximum absolute atomic E-state index is 5.63. The number of nitrogens with two attached hydrogens (primary N) is 1. The molecule has 2 N–H and O–H groups in total. The Bertz CT molecular complexity index is 668. The zero-order chi connectivity index (χ0) is 11.8. The van der Waals surface area contributed by atoms with Gasteiger partial charge < -0.3 is 5.73 Å². The van der Waals surface area contributed by atoms with Crippen LogP contribution in [0.25, 0.3) is 10.9 Å². The molecule has 5 heteroatoms. The van der Waals surface area contributed by atoms with E-state index < -0.39 is 0 Å². The van der Waals surface area contributed by atoms with Gasteiger partial charge in [-0.05, 0) is 6.07 Å². The number of thiazole rings is 1. The van der Waals surface area contributed by atoms with Crippen LogP contribution >= 0.6 is 11.3 Å². The molecule has 0 atom stereocenters. The third-order valence-electron chi connectivity index (χ3n) is 2.75. The van der Waals surface area contributed by atoms with Crippen molar-refractivity contribution in [2.24, 2.45) is 7.05 Å². The van der Waals surface area contributed by atoms with Crippen LogP contribution in [0.3, 0.4) is 0 Å². The van der Waals surface area contributed by atoms with E-state index in [1.807, 2.05) is 30.1 Å². The SMILES string of the molecule is Cn1nc(Cc2cnc(N)s2)c2ccccc21. The number of rotatable bonds is 2. The molecular formula is C12H12N4S. The van der Waals surface area contributed by atoms with E-state index in [2.05, 4.69) is 22.2 Å². The minimum absolute atomic E-state index is 0.611. The second kappa shape index (κ2) is 3.85. The van der Waals surface area contributed by atoms with Crippen LogP contribution in [0.15, 0.2) is 30.5 Å². The summed E-state index contributed by atoms with van der Waals surface area (Å²) in [4.78, 5) is 5.21. The fourth-order valence-electron chi connectivity index (χ4n) is 1.99. The van der Waals surface area contributed by atoms with Crippen LogP contribution < -0.4 is 5.73 Å². The Morgan fingerprint density at radius 1 is 1.35 bits per heavy atom. The van der Waals surface area contributed by atoms with Crippen molar-refractivity contribution in [1.82, 2.24) is 14.8 Å². The minimum atomic E-state index is 0.611. The van der Waals surface area contributed by atoms with Gasteiger partial charge in [0.1, 0.15) is 0 Å². The van der Waals surface area contributed by atoms with Crippen molar-refractivity contribution >= 4 is 27.4 Å². The summed E-state index contributed by atoms with van der Waals surface area (Å²) in [7, 11) is 1.97. The second-order valence-corrected chi connectivity index (χ2v) is 5.08. The highest BCUT2D eigenvalue weighted by Gasteiger charge is 2.09. The first-order valence-electron chi connectivity index (χ1n) is 5.35. The van der Waals surface area contributed by atoms with Crippen LogP contribution in [0.2, 0.25) is 0 Å². The molecule has 3 rings (SSSR count). The van der Waals surface area contributed by atoms with Crippen molar-refractivity contribution < 1.29 is 0 Å². The summed E-state index contributed by atoms with van der Waals surface area (Å²) in [5, 5.41) is 6.36. The van der Waals surface area contributed by atoms with Gasteiger partial charge in [0, 0.05) is 29.9 Å². The van der Waals surface area contributed by atoms with E-state index in [0.29, 0.717) is 5.13 Å². The van der Waals surface area contributed by atoms with Crippen molar-refractivity contribution in [2.45, 2.75) is 6.42 Å². The van der Waals surface area contributed by atoms with E-state index >= 15 is 0 Å². The maximum atomic E-state index is 5.63. The number of benzene rings is 1. The third-order valence-corrected chi connectivity index (χ3v) is 3.57. The second-order valence-electron chi connectivity index (χ2n) is 3.93. The first kappa shape index (κ1) is 10.3. The normalized spacial score (nSPS) is 11.1. The van der Waals surface area contributed by atoms with Gasteiger partial charge in [0.15, 0.2) is 5.13 Å². The molecule has 2 aromatic heterocycles. The molecule has 0 bridgehead atoms. The van der Waals surface area contributed by atoms with E-state index in [1.165, 1.54) is 16.7 Å². The molecule has 0 saturated carbocycles. The maximum Gasteiger partial charge on any atom is 0.180 e. The first-order chi connectivity index (χ1) is 8.24.